The molecule has 0 aliphatic heterocycles. The van der Waals surface area contributed by atoms with Crippen LogP contribution in [0.15, 0.2) is 48.5 Å². The van der Waals surface area contributed by atoms with Crippen LogP contribution in [-0.2, 0) is 9.47 Å². The second-order valence-electron chi connectivity index (χ2n) is 5.67. The predicted octanol–water partition coefficient (Wildman–Crippen LogP) is 2.79. The highest BCUT2D eigenvalue weighted by molar-refractivity contribution is 6.04. The zero-order valence-electron chi connectivity index (χ0n) is 15.0. The molecule has 0 aliphatic rings. The number of hydrogen-bond acceptors (Lipinski definition) is 4. The van der Waals surface area contributed by atoms with Crippen LogP contribution in [0.25, 0.3) is 11.1 Å². The molecule has 0 bridgehead atoms. The van der Waals surface area contributed by atoms with Crippen molar-refractivity contribution in [2.75, 3.05) is 40.5 Å². The van der Waals surface area contributed by atoms with E-state index in [9.17, 15) is 14.7 Å². The maximum atomic E-state index is 13.1. The van der Waals surface area contributed by atoms with Crippen molar-refractivity contribution in [2.24, 2.45) is 0 Å². The van der Waals surface area contributed by atoms with Gasteiger partial charge in [0, 0.05) is 32.9 Å². The Morgan fingerprint density at radius 2 is 1.31 bits per heavy atom. The van der Waals surface area contributed by atoms with E-state index in [4.69, 9.17) is 9.47 Å². The van der Waals surface area contributed by atoms with Gasteiger partial charge in [-0.2, -0.15) is 0 Å². The SMILES string of the molecule is COCCN(CCOC)C(=O)c1ccccc1-c1ccccc1C(=O)O. The van der Waals surface area contributed by atoms with E-state index in [1.807, 2.05) is 0 Å². The van der Waals surface area contributed by atoms with Crippen LogP contribution in [0.5, 0.6) is 0 Å². The zero-order valence-corrected chi connectivity index (χ0v) is 15.0. The molecule has 1 N–H and O–H groups in total. The van der Waals surface area contributed by atoms with Gasteiger partial charge in [0.15, 0.2) is 0 Å². The average Bonchev–Trinajstić information content (AvgIpc) is 2.67. The molecule has 0 unspecified atom stereocenters. The van der Waals surface area contributed by atoms with Gasteiger partial charge in [-0.05, 0) is 23.3 Å². The van der Waals surface area contributed by atoms with E-state index in [1.165, 1.54) is 6.07 Å². The van der Waals surface area contributed by atoms with Crippen LogP contribution < -0.4 is 0 Å². The summed E-state index contributed by atoms with van der Waals surface area (Å²) in [6.45, 7) is 1.66. The highest BCUT2D eigenvalue weighted by Crippen LogP contribution is 2.28. The fourth-order valence-corrected chi connectivity index (χ4v) is 2.70. The minimum atomic E-state index is -1.03. The summed E-state index contributed by atoms with van der Waals surface area (Å²) >= 11 is 0. The molecule has 6 nitrogen and oxygen atoms in total. The molecule has 0 radical (unpaired) electrons. The second kappa shape index (κ2) is 9.70. The van der Waals surface area contributed by atoms with Crippen molar-refractivity contribution in [3.63, 3.8) is 0 Å². The standard InChI is InChI=1S/C20H23NO5/c1-25-13-11-21(12-14-26-2)19(22)17-9-5-3-7-15(17)16-8-4-6-10-18(16)20(23)24/h3-10H,11-14H2,1-2H3,(H,23,24). The summed E-state index contributed by atoms with van der Waals surface area (Å²) in [5.74, 6) is -1.21. The number of carboxylic acids is 1. The molecule has 6 heteroatoms. The average molecular weight is 357 g/mol. The lowest BCUT2D eigenvalue weighted by molar-refractivity contribution is 0.0627. The van der Waals surface area contributed by atoms with E-state index in [0.29, 0.717) is 43.0 Å². The molecule has 0 saturated carbocycles. The molecule has 0 aliphatic carbocycles. The monoisotopic (exact) mass is 357 g/mol. The van der Waals surface area contributed by atoms with Gasteiger partial charge >= 0.3 is 5.97 Å². The molecule has 1 amide bonds. The number of aromatic carboxylic acids is 1. The Morgan fingerprint density at radius 1 is 0.846 bits per heavy atom. The third-order valence-electron chi connectivity index (χ3n) is 4.02. The molecular weight excluding hydrogens is 334 g/mol. The molecule has 0 saturated heterocycles. The van der Waals surface area contributed by atoms with E-state index < -0.39 is 5.97 Å². The summed E-state index contributed by atoms with van der Waals surface area (Å²) in [5.41, 5.74) is 1.72. The molecule has 138 valence electrons. The zero-order chi connectivity index (χ0) is 18.9. The van der Waals surface area contributed by atoms with Gasteiger partial charge < -0.3 is 19.5 Å². The second-order valence-corrected chi connectivity index (χ2v) is 5.67. The number of nitrogens with zero attached hydrogens (tertiary/aromatic N) is 1. The van der Waals surface area contributed by atoms with Crippen molar-refractivity contribution in [1.82, 2.24) is 4.90 Å². The van der Waals surface area contributed by atoms with Gasteiger partial charge in [0.2, 0.25) is 0 Å². The molecule has 0 aromatic heterocycles. The summed E-state index contributed by atoms with van der Waals surface area (Å²) in [4.78, 5) is 26.3. The molecule has 2 rings (SSSR count). The molecule has 0 fully saturated rings. The van der Waals surface area contributed by atoms with Crippen molar-refractivity contribution in [1.29, 1.82) is 0 Å². The van der Waals surface area contributed by atoms with Crippen molar-refractivity contribution < 1.29 is 24.2 Å². The molecule has 2 aromatic carbocycles. The lowest BCUT2D eigenvalue weighted by Crippen LogP contribution is -2.36. The van der Waals surface area contributed by atoms with Gasteiger partial charge in [-0.3, -0.25) is 4.79 Å². The van der Waals surface area contributed by atoms with Crippen LogP contribution in [-0.4, -0.2) is 62.4 Å². The maximum Gasteiger partial charge on any atom is 0.336 e. The summed E-state index contributed by atoms with van der Waals surface area (Å²) in [6, 6.07) is 13.7. The first kappa shape index (κ1) is 19.6. The number of benzene rings is 2. The third-order valence-corrected chi connectivity index (χ3v) is 4.02. The number of ether oxygens (including phenoxy) is 2. The number of methoxy groups -OCH3 is 2. The number of rotatable bonds is 9. The number of carbonyl (C=O) groups is 2. The third kappa shape index (κ3) is 4.68. The van der Waals surface area contributed by atoms with Gasteiger partial charge in [0.05, 0.1) is 18.8 Å². The lowest BCUT2D eigenvalue weighted by Gasteiger charge is -2.23. The van der Waals surface area contributed by atoms with Gasteiger partial charge in [0.1, 0.15) is 0 Å². The van der Waals surface area contributed by atoms with Crippen molar-refractivity contribution in [2.45, 2.75) is 0 Å². The maximum absolute atomic E-state index is 13.1. The Morgan fingerprint density at radius 3 is 1.81 bits per heavy atom. The van der Waals surface area contributed by atoms with Crippen LogP contribution >= 0.6 is 0 Å². The van der Waals surface area contributed by atoms with Crippen LogP contribution in [0.4, 0.5) is 0 Å². The van der Waals surface area contributed by atoms with E-state index >= 15 is 0 Å². The number of carbonyl (C=O) groups excluding carboxylic acids is 1. The summed E-state index contributed by atoms with van der Waals surface area (Å²) in [6.07, 6.45) is 0. The number of carboxylic acid groups (broad SMARTS) is 1. The van der Waals surface area contributed by atoms with Gasteiger partial charge in [-0.1, -0.05) is 36.4 Å². The Balaban J connectivity index is 2.44. The molecular formula is C20H23NO5. The quantitative estimate of drug-likeness (QED) is 0.747. The number of hydrogen-bond donors (Lipinski definition) is 1. The molecule has 0 atom stereocenters. The first-order chi connectivity index (χ1) is 12.6. The van der Waals surface area contributed by atoms with Crippen LogP contribution in [0.1, 0.15) is 20.7 Å². The Kier molecular flexibility index (Phi) is 7.32. The van der Waals surface area contributed by atoms with E-state index in [-0.39, 0.29) is 11.5 Å². The van der Waals surface area contributed by atoms with Crippen molar-refractivity contribution >= 4 is 11.9 Å². The highest BCUT2D eigenvalue weighted by atomic mass is 16.5. The minimum absolute atomic E-state index is 0.160. The fraction of sp³-hybridized carbons (Fsp3) is 0.300. The predicted molar refractivity (Wildman–Crippen MR) is 98.5 cm³/mol. The van der Waals surface area contributed by atoms with Crippen LogP contribution in [0.2, 0.25) is 0 Å². The smallest absolute Gasteiger partial charge is 0.336 e. The minimum Gasteiger partial charge on any atom is -0.478 e. The van der Waals surface area contributed by atoms with Crippen molar-refractivity contribution in [3.05, 3.63) is 59.7 Å². The molecule has 26 heavy (non-hydrogen) atoms. The first-order valence-electron chi connectivity index (χ1n) is 8.29. The van der Waals surface area contributed by atoms with Gasteiger partial charge in [-0.25, -0.2) is 4.79 Å². The summed E-state index contributed by atoms with van der Waals surface area (Å²) in [7, 11) is 3.16. The molecule has 2 aromatic rings. The molecule has 0 spiro atoms. The topological polar surface area (TPSA) is 76.1 Å². The highest BCUT2D eigenvalue weighted by Gasteiger charge is 2.21. The molecule has 0 heterocycles. The number of amides is 1. The normalized spacial score (nSPS) is 10.5. The van der Waals surface area contributed by atoms with E-state index in [2.05, 4.69) is 0 Å². The van der Waals surface area contributed by atoms with E-state index in [1.54, 1.807) is 61.6 Å². The van der Waals surface area contributed by atoms with Crippen molar-refractivity contribution in [3.8, 4) is 11.1 Å². The van der Waals surface area contributed by atoms with Gasteiger partial charge in [0.25, 0.3) is 5.91 Å². The Bertz CT molecular complexity index is 751. The summed E-state index contributed by atoms with van der Waals surface area (Å²) in [5, 5.41) is 9.47. The Labute approximate surface area is 153 Å². The van der Waals surface area contributed by atoms with Crippen LogP contribution in [0.3, 0.4) is 0 Å². The summed E-state index contributed by atoms with van der Waals surface area (Å²) < 4.78 is 10.2. The van der Waals surface area contributed by atoms with E-state index in [0.717, 1.165) is 0 Å². The largest absolute Gasteiger partial charge is 0.478 e. The van der Waals surface area contributed by atoms with Crippen LogP contribution in [0, 0.1) is 0 Å². The lowest BCUT2D eigenvalue weighted by atomic mass is 9.94. The first-order valence-corrected chi connectivity index (χ1v) is 8.29. The van der Waals surface area contributed by atoms with Gasteiger partial charge in [-0.15, -0.1) is 0 Å². The fourth-order valence-electron chi connectivity index (χ4n) is 2.70. The Hall–Kier alpha value is -2.70.